The summed E-state index contributed by atoms with van der Waals surface area (Å²) in [5.41, 5.74) is -0.189. The van der Waals surface area contributed by atoms with Crippen molar-refractivity contribution in [3.63, 3.8) is 0 Å². The standard InChI is InChI=1S/C12H17ClN2O5S/c1-7(2)10(6-16)14-21(19,20)12-5-11(15(17)18)9(13)4-8(12)3/h4-5,7,10,14,16H,6H2,1-3H3. The van der Waals surface area contributed by atoms with Gasteiger partial charge in [-0.15, -0.1) is 0 Å². The molecule has 0 bridgehead atoms. The van der Waals surface area contributed by atoms with Crippen LogP contribution in [0.2, 0.25) is 5.02 Å². The van der Waals surface area contributed by atoms with Crippen molar-refractivity contribution in [1.82, 2.24) is 4.72 Å². The molecule has 0 spiro atoms. The molecular formula is C12H17ClN2O5S. The first kappa shape index (κ1) is 17.8. The summed E-state index contributed by atoms with van der Waals surface area (Å²) in [7, 11) is -3.99. The molecule has 9 heteroatoms. The van der Waals surface area contributed by atoms with E-state index in [1.54, 1.807) is 13.8 Å². The van der Waals surface area contributed by atoms with Gasteiger partial charge in [0.2, 0.25) is 10.0 Å². The molecule has 1 aromatic carbocycles. The molecule has 0 aromatic heterocycles. The van der Waals surface area contributed by atoms with E-state index in [1.807, 2.05) is 0 Å². The predicted molar refractivity (Wildman–Crippen MR) is 78.9 cm³/mol. The van der Waals surface area contributed by atoms with Gasteiger partial charge in [-0.1, -0.05) is 25.4 Å². The maximum atomic E-state index is 12.3. The van der Waals surface area contributed by atoms with Crippen LogP contribution in [0.15, 0.2) is 17.0 Å². The fraction of sp³-hybridized carbons (Fsp3) is 0.500. The van der Waals surface area contributed by atoms with Crippen molar-refractivity contribution in [2.24, 2.45) is 5.92 Å². The van der Waals surface area contributed by atoms with E-state index in [0.717, 1.165) is 6.07 Å². The fourth-order valence-electron chi connectivity index (χ4n) is 1.72. The second-order valence-electron chi connectivity index (χ2n) is 4.98. The molecule has 0 amide bonds. The average Bonchev–Trinajstić information content (AvgIpc) is 2.34. The van der Waals surface area contributed by atoms with Crippen LogP contribution in [0.1, 0.15) is 19.4 Å². The van der Waals surface area contributed by atoms with Crippen LogP contribution in [-0.2, 0) is 10.0 Å². The Kier molecular flexibility index (Phi) is 5.68. The first-order valence-corrected chi connectivity index (χ1v) is 8.04. The third-order valence-corrected chi connectivity index (χ3v) is 4.97. The molecule has 0 radical (unpaired) electrons. The zero-order valence-corrected chi connectivity index (χ0v) is 13.4. The van der Waals surface area contributed by atoms with Crippen LogP contribution in [0.25, 0.3) is 0 Å². The van der Waals surface area contributed by atoms with Crippen molar-refractivity contribution < 1.29 is 18.4 Å². The zero-order valence-electron chi connectivity index (χ0n) is 11.8. The number of rotatable bonds is 6. The molecule has 0 aliphatic heterocycles. The van der Waals surface area contributed by atoms with E-state index in [2.05, 4.69) is 4.72 Å². The van der Waals surface area contributed by atoms with E-state index in [9.17, 15) is 23.6 Å². The van der Waals surface area contributed by atoms with Crippen molar-refractivity contribution in [3.8, 4) is 0 Å². The van der Waals surface area contributed by atoms with Gasteiger partial charge in [-0.2, -0.15) is 0 Å². The number of nitrogens with zero attached hydrogens (tertiary/aromatic N) is 1. The predicted octanol–water partition coefficient (Wildman–Crippen LogP) is 1.85. The molecule has 21 heavy (non-hydrogen) atoms. The van der Waals surface area contributed by atoms with Crippen LogP contribution in [0.4, 0.5) is 5.69 Å². The van der Waals surface area contributed by atoms with Gasteiger partial charge in [0.1, 0.15) is 5.02 Å². The van der Waals surface area contributed by atoms with Crippen LogP contribution < -0.4 is 4.72 Å². The Morgan fingerprint density at radius 3 is 2.43 bits per heavy atom. The number of aliphatic hydroxyl groups excluding tert-OH is 1. The number of aryl methyl sites for hydroxylation is 1. The molecule has 0 aliphatic rings. The van der Waals surface area contributed by atoms with Gasteiger partial charge in [0.15, 0.2) is 0 Å². The number of nitro groups is 1. The lowest BCUT2D eigenvalue weighted by Gasteiger charge is -2.20. The van der Waals surface area contributed by atoms with Crippen molar-refractivity contribution in [1.29, 1.82) is 0 Å². The molecule has 1 rings (SSSR count). The van der Waals surface area contributed by atoms with E-state index < -0.39 is 26.7 Å². The summed E-state index contributed by atoms with van der Waals surface area (Å²) in [4.78, 5) is 9.90. The summed E-state index contributed by atoms with van der Waals surface area (Å²) in [5.74, 6) is -0.132. The summed E-state index contributed by atoms with van der Waals surface area (Å²) in [6.07, 6.45) is 0. The first-order valence-electron chi connectivity index (χ1n) is 6.18. The van der Waals surface area contributed by atoms with Crippen LogP contribution in [-0.4, -0.2) is 31.1 Å². The Morgan fingerprint density at radius 2 is 2.00 bits per heavy atom. The fourth-order valence-corrected chi connectivity index (χ4v) is 3.63. The largest absolute Gasteiger partial charge is 0.395 e. The van der Waals surface area contributed by atoms with Gasteiger partial charge in [-0.3, -0.25) is 10.1 Å². The lowest BCUT2D eigenvalue weighted by atomic mass is 10.1. The van der Waals surface area contributed by atoms with Crippen molar-refractivity contribution in [2.45, 2.75) is 31.7 Å². The van der Waals surface area contributed by atoms with Crippen molar-refractivity contribution in [3.05, 3.63) is 32.8 Å². The number of halogens is 1. The smallest absolute Gasteiger partial charge is 0.289 e. The van der Waals surface area contributed by atoms with E-state index in [4.69, 9.17) is 11.6 Å². The molecule has 1 aromatic rings. The van der Waals surface area contributed by atoms with Crippen LogP contribution in [0.5, 0.6) is 0 Å². The monoisotopic (exact) mass is 336 g/mol. The minimum absolute atomic E-state index is 0.126. The lowest BCUT2D eigenvalue weighted by molar-refractivity contribution is -0.384. The van der Waals surface area contributed by atoms with E-state index in [1.165, 1.54) is 13.0 Å². The molecular weight excluding hydrogens is 320 g/mol. The minimum Gasteiger partial charge on any atom is -0.395 e. The van der Waals surface area contributed by atoms with Crippen LogP contribution in [0, 0.1) is 23.0 Å². The quantitative estimate of drug-likeness (QED) is 0.608. The molecule has 0 saturated heterocycles. The zero-order chi connectivity index (χ0) is 16.4. The molecule has 0 saturated carbocycles. The highest BCUT2D eigenvalue weighted by molar-refractivity contribution is 7.89. The number of hydrogen-bond acceptors (Lipinski definition) is 5. The Morgan fingerprint density at radius 1 is 1.43 bits per heavy atom. The molecule has 0 aliphatic carbocycles. The van der Waals surface area contributed by atoms with Gasteiger partial charge in [0.05, 0.1) is 16.4 Å². The maximum absolute atomic E-state index is 12.3. The van der Waals surface area contributed by atoms with Crippen molar-refractivity contribution in [2.75, 3.05) is 6.61 Å². The van der Waals surface area contributed by atoms with Crippen LogP contribution in [0.3, 0.4) is 0 Å². The second kappa shape index (κ2) is 6.69. The maximum Gasteiger partial charge on any atom is 0.289 e. The molecule has 0 heterocycles. The summed E-state index contributed by atoms with van der Waals surface area (Å²) in [6.45, 7) is 4.63. The number of hydrogen-bond donors (Lipinski definition) is 2. The Balaban J connectivity index is 3.31. The highest BCUT2D eigenvalue weighted by Gasteiger charge is 2.26. The van der Waals surface area contributed by atoms with Gasteiger partial charge in [-0.05, 0) is 24.5 Å². The van der Waals surface area contributed by atoms with Gasteiger partial charge >= 0.3 is 0 Å². The number of nitrogens with one attached hydrogen (secondary N) is 1. The second-order valence-corrected chi connectivity index (χ2v) is 7.07. The number of benzene rings is 1. The van der Waals surface area contributed by atoms with Gasteiger partial charge in [0, 0.05) is 12.1 Å². The molecule has 7 nitrogen and oxygen atoms in total. The summed E-state index contributed by atoms with van der Waals surface area (Å²) < 4.78 is 27.0. The molecule has 1 unspecified atom stereocenters. The Bertz CT molecular complexity index is 645. The highest BCUT2D eigenvalue weighted by Crippen LogP contribution is 2.30. The van der Waals surface area contributed by atoms with E-state index in [-0.39, 0.29) is 22.4 Å². The summed E-state index contributed by atoms with van der Waals surface area (Å²) >= 11 is 5.73. The molecule has 0 fully saturated rings. The normalized spacial score (nSPS) is 13.4. The highest BCUT2D eigenvalue weighted by atomic mass is 35.5. The lowest BCUT2D eigenvalue weighted by Crippen LogP contribution is -2.41. The summed E-state index contributed by atoms with van der Waals surface area (Å²) in [5, 5.41) is 19.9. The molecule has 2 N–H and O–H groups in total. The first-order chi connectivity index (χ1) is 9.60. The minimum atomic E-state index is -3.99. The SMILES string of the molecule is Cc1cc(Cl)c([N+](=O)[O-])cc1S(=O)(=O)NC(CO)C(C)C. The number of aliphatic hydroxyl groups is 1. The topological polar surface area (TPSA) is 110 Å². The third kappa shape index (κ3) is 4.13. The Labute approximate surface area is 128 Å². The molecule has 1 atom stereocenters. The Hall–Kier alpha value is -1.22. The third-order valence-electron chi connectivity index (χ3n) is 3.04. The van der Waals surface area contributed by atoms with Crippen molar-refractivity contribution >= 4 is 27.3 Å². The van der Waals surface area contributed by atoms with Gasteiger partial charge in [0.25, 0.3) is 5.69 Å². The summed E-state index contributed by atoms with van der Waals surface area (Å²) in [6, 6.07) is 1.48. The number of sulfonamides is 1. The van der Waals surface area contributed by atoms with E-state index in [0.29, 0.717) is 5.56 Å². The molecule has 118 valence electrons. The van der Waals surface area contributed by atoms with E-state index >= 15 is 0 Å². The number of nitro benzene ring substituents is 1. The van der Waals surface area contributed by atoms with Crippen LogP contribution >= 0.6 is 11.6 Å². The van der Waals surface area contributed by atoms with Gasteiger partial charge in [-0.25, -0.2) is 13.1 Å². The average molecular weight is 337 g/mol. The van der Waals surface area contributed by atoms with Gasteiger partial charge < -0.3 is 5.11 Å².